The number of ether oxygens (including phenoxy) is 2. The molecule has 31 heavy (non-hydrogen) atoms. The number of fused-ring (bicyclic) bond motifs is 1. The number of halogens is 1. The van der Waals surface area contributed by atoms with E-state index in [1.807, 2.05) is 17.5 Å². The van der Waals surface area contributed by atoms with Crippen LogP contribution in [0.4, 0.5) is 4.39 Å². The van der Waals surface area contributed by atoms with Crippen LogP contribution in [-0.4, -0.2) is 35.6 Å². The molecule has 0 fully saturated rings. The van der Waals surface area contributed by atoms with Crippen molar-refractivity contribution in [2.45, 2.75) is 26.1 Å². The molecule has 0 spiro atoms. The minimum absolute atomic E-state index is 0.201. The summed E-state index contributed by atoms with van der Waals surface area (Å²) in [6, 6.07) is 11.6. The van der Waals surface area contributed by atoms with E-state index in [4.69, 9.17) is 9.47 Å². The number of thiophene rings is 1. The molecule has 1 aliphatic rings. The molecule has 4 rings (SSSR count). The fourth-order valence-corrected chi connectivity index (χ4v) is 4.39. The minimum Gasteiger partial charge on any atom is -0.487 e. The molecule has 0 radical (unpaired) electrons. The van der Waals surface area contributed by atoms with E-state index in [2.05, 4.69) is 4.90 Å². The summed E-state index contributed by atoms with van der Waals surface area (Å²) in [7, 11) is 1.32. The van der Waals surface area contributed by atoms with Crippen LogP contribution in [0.25, 0.3) is 0 Å². The van der Waals surface area contributed by atoms with Gasteiger partial charge in [-0.3, -0.25) is 9.69 Å². The highest BCUT2D eigenvalue weighted by Crippen LogP contribution is 2.26. The second-order valence-corrected chi connectivity index (χ2v) is 8.36. The third-order valence-electron chi connectivity index (χ3n) is 5.35. The largest absolute Gasteiger partial charge is 0.487 e. The molecule has 0 amide bonds. The molecule has 0 bridgehead atoms. The van der Waals surface area contributed by atoms with Crippen molar-refractivity contribution in [1.29, 1.82) is 0 Å². The lowest BCUT2D eigenvalue weighted by molar-refractivity contribution is 0.0592. The average molecular weight is 443 g/mol. The van der Waals surface area contributed by atoms with Crippen molar-refractivity contribution < 1.29 is 18.7 Å². The first-order valence-electron chi connectivity index (χ1n) is 10.0. The van der Waals surface area contributed by atoms with Gasteiger partial charge in [0.25, 0.3) is 5.56 Å². The SMILES string of the molecule is COC(=O)c1c(OCc2cccs2)cc(=O)n2c1CCN(Cc1ccc(F)cc1)CC2. The fraction of sp³-hybridized carbons (Fsp3) is 0.304. The summed E-state index contributed by atoms with van der Waals surface area (Å²) >= 11 is 1.55. The summed E-state index contributed by atoms with van der Waals surface area (Å²) in [4.78, 5) is 28.7. The molecule has 3 aromatic rings. The summed E-state index contributed by atoms with van der Waals surface area (Å²) < 4.78 is 25.7. The van der Waals surface area contributed by atoms with Crippen LogP contribution in [0.15, 0.2) is 52.6 Å². The lowest BCUT2D eigenvalue weighted by Gasteiger charge is -2.19. The van der Waals surface area contributed by atoms with Crippen LogP contribution in [0.2, 0.25) is 0 Å². The van der Waals surface area contributed by atoms with Gasteiger partial charge in [0.2, 0.25) is 0 Å². The standard InChI is InChI=1S/C23H23FN2O4S/c1-29-23(28)22-19-8-9-25(14-16-4-6-17(24)7-5-16)10-11-26(19)21(27)13-20(22)30-15-18-3-2-12-31-18/h2-7,12-13H,8-11,14-15H2,1H3. The van der Waals surface area contributed by atoms with Crippen molar-refractivity contribution in [1.82, 2.24) is 9.47 Å². The maximum atomic E-state index is 13.2. The monoisotopic (exact) mass is 442 g/mol. The van der Waals surface area contributed by atoms with Crippen LogP contribution >= 0.6 is 11.3 Å². The molecule has 0 unspecified atom stereocenters. The van der Waals surface area contributed by atoms with E-state index in [0.717, 1.165) is 10.4 Å². The van der Waals surface area contributed by atoms with Crippen molar-refractivity contribution in [3.05, 3.63) is 85.7 Å². The Kier molecular flexibility index (Phi) is 6.48. The number of hydrogen-bond acceptors (Lipinski definition) is 6. The highest BCUT2D eigenvalue weighted by atomic mass is 32.1. The Hall–Kier alpha value is -2.97. The summed E-state index contributed by atoms with van der Waals surface area (Å²) in [5.41, 5.74) is 1.73. The van der Waals surface area contributed by atoms with Gasteiger partial charge in [-0.1, -0.05) is 18.2 Å². The lowest BCUT2D eigenvalue weighted by Crippen LogP contribution is -2.29. The molecular weight excluding hydrogens is 419 g/mol. The van der Waals surface area contributed by atoms with Crippen LogP contribution < -0.4 is 10.3 Å². The summed E-state index contributed by atoms with van der Waals surface area (Å²) in [6.07, 6.45) is 0.497. The van der Waals surface area contributed by atoms with Crippen LogP contribution in [0, 0.1) is 5.82 Å². The van der Waals surface area contributed by atoms with Crippen LogP contribution in [0.3, 0.4) is 0 Å². The fourth-order valence-electron chi connectivity index (χ4n) is 3.78. The number of rotatable bonds is 6. The second-order valence-electron chi connectivity index (χ2n) is 7.33. The summed E-state index contributed by atoms with van der Waals surface area (Å²) in [5.74, 6) is -0.531. The molecule has 0 saturated carbocycles. The first-order valence-corrected chi connectivity index (χ1v) is 10.9. The number of nitrogens with zero attached hydrogens (tertiary/aromatic N) is 2. The minimum atomic E-state index is -0.517. The number of aromatic nitrogens is 1. The molecule has 1 aromatic carbocycles. The number of methoxy groups -OCH3 is 1. The zero-order valence-electron chi connectivity index (χ0n) is 17.2. The summed E-state index contributed by atoms with van der Waals surface area (Å²) in [6.45, 7) is 2.65. The second kappa shape index (κ2) is 9.45. The maximum absolute atomic E-state index is 13.2. The van der Waals surface area contributed by atoms with Crippen LogP contribution in [-0.2, 0) is 30.9 Å². The highest BCUT2D eigenvalue weighted by Gasteiger charge is 2.26. The number of hydrogen-bond donors (Lipinski definition) is 0. The van der Waals surface area contributed by atoms with Gasteiger partial charge in [-0.15, -0.1) is 11.3 Å². The number of esters is 1. The van der Waals surface area contributed by atoms with Gasteiger partial charge in [0.1, 0.15) is 23.7 Å². The van der Waals surface area contributed by atoms with Crippen molar-refractivity contribution in [2.24, 2.45) is 0 Å². The van der Waals surface area contributed by atoms with E-state index >= 15 is 0 Å². The molecule has 1 aliphatic heterocycles. The van der Waals surface area contributed by atoms with E-state index in [9.17, 15) is 14.0 Å². The maximum Gasteiger partial charge on any atom is 0.343 e. The van der Waals surface area contributed by atoms with Crippen molar-refractivity contribution in [3.63, 3.8) is 0 Å². The number of carbonyl (C=O) groups excluding carboxylic acids is 1. The van der Waals surface area contributed by atoms with Gasteiger partial charge in [0.05, 0.1) is 7.11 Å². The van der Waals surface area contributed by atoms with E-state index in [0.29, 0.717) is 43.9 Å². The van der Waals surface area contributed by atoms with E-state index in [1.54, 1.807) is 28.0 Å². The number of benzene rings is 1. The molecule has 6 nitrogen and oxygen atoms in total. The summed E-state index contributed by atoms with van der Waals surface area (Å²) in [5, 5.41) is 1.95. The van der Waals surface area contributed by atoms with Crippen LogP contribution in [0.5, 0.6) is 5.75 Å². The molecule has 2 aromatic heterocycles. The lowest BCUT2D eigenvalue weighted by atomic mass is 10.1. The Morgan fingerprint density at radius 2 is 1.97 bits per heavy atom. The molecule has 0 aliphatic carbocycles. The molecule has 8 heteroatoms. The van der Waals surface area contributed by atoms with Gasteiger partial charge in [-0.05, 0) is 29.1 Å². The first kappa shape index (κ1) is 21.3. The predicted molar refractivity (Wildman–Crippen MR) is 116 cm³/mol. The van der Waals surface area contributed by atoms with Gasteiger partial charge >= 0.3 is 5.97 Å². The first-order chi connectivity index (χ1) is 15.0. The Morgan fingerprint density at radius 1 is 1.16 bits per heavy atom. The zero-order valence-corrected chi connectivity index (χ0v) is 18.0. The van der Waals surface area contributed by atoms with Gasteiger partial charge in [-0.2, -0.15) is 0 Å². The van der Waals surface area contributed by atoms with Gasteiger partial charge in [0, 0.05) is 49.2 Å². The third-order valence-corrected chi connectivity index (χ3v) is 6.19. The molecule has 3 heterocycles. The number of pyridine rings is 1. The highest BCUT2D eigenvalue weighted by molar-refractivity contribution is 7.09. The predicted octanol–water partition coefficient (Wildman–Crippen LogP) is 3.47. The van der Waals surface area contributed by atoms with Crippen LogP contribution in [0.1, 0.15) is 26.5 Å². The topological polar surface area (TPSA) is 60.8 Å². The van der Waals surface area contributed by atoms with Gasteiger partial charge < -0.3 is 14.0 Å². The average Bonchev–Trinajstić information content (AvgIpc) is 3.21. The molecule has 0 atom stereocenters. The Morgan fingerprint density at radius 3 is 2.68 bits per heavy atom. The molecule has 162 valence electrons. The molecule has 0 N–H and O–H groups in total. The van der Waals surface area contributed by atoms with E-state index in [1.165, 1.54) is 25.3 Å². The van der Waals surface area contributed by atoms with Crippen molar-refractivity contribution in [2.75, 3.05) is 20.2 Å². The van der Waals surface area contributed by atoms with Crippen molar-refractivity contribution in [3.8, 4) is 5.75 Å². The molecular formula is C23H23FN2O4S. The van der Waals surface area contributed by atoms with E-state index in [-0.39, 0.29) is 23.7 Å². The van der Waals surface area contributed by atoms with Crippen molar-refractivity contribution >= 4 is 17.3 Å². The van der Waals surface area contributed by atoms with E-state index < -0.39 is 5.97 Å². The number of carbonyl (C=O) groups is 1. The van der Waals surface area contributed by atoms with Gasteiger partial charge in [-0.25, -0.2) is 9.18 Å². The smallest absolute Gasteiger partial charge is 0.343 e. The van der Waals surface area contributed by atoms with Gasteiger partial charge in [0.15, 0.2) is 0 Å². The quantitative estimate of drug-likeness (QED) is 0.547. The zero-order chi connectivity index (χ0) is 21.8. The molecule has 0 saturated heterocycles. The Balaban J connectivity index is 1.60. The Labute approximate surface area is 183 Å². The Bertz CT molecular complexity index is 1110. The third kappa shape index (κ3) is 4.86. The normalized spacial score (nSPS) is 14.0.